The largest absolute Gasteiger partial charge is 0.379 e. The summed E-state index contributed by atoms with van der Waals surface area (Å²) in [6.45, 7) is 3.41. The Morgan fingerprint density at radius 1 is 1.24 bits per heavy atom. The summed E-state index contributed by atoms with van der Waals surface area (Å²) in [7, 11) is 0. The highest BCUT2D eigenvalue weighted by Gasteiger charge is 2.09. The second-order valence-electron chi connectivity index (χ2n) is 4.76. The molecule has 2 aromatic carbocycles. The van der Waals surface area contributed by atoms with Gasteiger partial charge in [-0.3, -0.25) is 4.68 Å². The third-order valence-electron chi connectivity index (χ3n) is 3.41. The Morgan fingerprint density at radius 3 is 2.81 bits per heavy atom. The third kappa shape index (κ3) is 2.72. The highest BCUT2D eigenvalue weighted by atomic mass is 35.5. The number of rotatable bonds is 4. The zero-order chi connectivity index (χ0) is 14.8. The van der Waals surface area contributed by atoms with Crippen molar-refractivity contribution in [1.29, 1.82) is 0 Å². The summed E-state index contributed by atoms with van der Waals surface area (Å²) in [6.07, 6.45) is 0. The van der Waals surface area contributed by atoms with Gasteiger partial charge in [-0.1, -0.05) is 29.8 Å². The highest BCUT2D eigenvalue weighted by Crippen LogP contribution is 2.22. The summed E-state index contributed by atoms with van der Waals surface area (Å²) in [5, 5.41) is 9.02. The minimum atomic E-state index is -0.425. The van der Waals surface area contributed by atoms with Crippen molar-refractivity contribution in [3.05, 3.63) is 59.0 Å². The molecule has 0 bridgehead atoms. The van der Waals surface area contributed by atoms with E-state index in [4.69, 9.17) is 11.6 Å². The molecule has 1 aromatic heterocycles. The van der Waals surface area contributed by atoms with Gasteiger partial charge < -0.3 is 5.32 Å². The maximum atomic E-state index is 13.4. The van der Waals surface area contributed by atoms with E-state index in [0.717, 1.165) is 23.1 Å². The van der Waals surface area contributed by atoms with Gasteiger partial charge in [0.25, 0.3) is 0 Å². The maximum Gasteiger partial charge on any atom is 0.143 e. The van der Waals surface area contributed by atoms with E-state index in [2.05, 4.69) is 23.4 Å². The van der Waals surface area contributed by atoms with Crippen LogP contribution in [-0.2, 0) is 13.1 Å². The maximum absolute atomic E-state index is 13.4. The first kappa shape index (κ1) is 13.9. The smallest absolute Gasteiger partial charge is 0.143 e. The summed E-state index contributed by atoms with van der Waals surface area (Å²) < 4.78 is 15.4. The van der Waals surface area contributed by atoms with E-state index in [1.807, 2.05) is 22.9 Å². The Labute approximate surface area is 127 Å². The van der Waals surface area contributed by atoms with Crippen LogP contribution in [0.4, 0.5) is 10.1 Å². The lowest BCUT2D eigenvalue weighted by Crippen LogP contribution is -2.02. The molecule has 0 radical (unpaired) electrons. The Morgan fingerprint density at radius 2 is 2.05 bits per heavy atom. The van der Waals surface area contributed by atoms with Crippen LogP contribution in [0.15, 0.2) is 42.5 Å². The van der Waals surface area contributed by atoms with E-state index in [1.54, 1.807) is 12.1 Å². The Balaban J connectivity index is 1.86. The van der Waals surface area contributed by atoms with E-state index < -0.39 is 5.82 Å². The van der Waals surface area contributed by atoms with Gasteiger partial charge in [-0.15, -0.1) is 0 Å². The van der Waals surface area contributed by atoms with Crippen molar-refractivity contribution >= 4 is 28.2 Å². The van der Waals surface area contributed by atoms with Gasteiger partial charge in [-0.2, -0.15) is 5.10 Å². The van der Waals surface area contributed by atoms with Crippen molar-refractivity contribution in [1.82, 2.24) is 9.78 Å². The molecule has 5 heteroatoms. The minimum Gasteiger partial charge on any atom is -0.379 e. The number of nitrogens with zero attached hydrogens (tertiary/aromatic N) is 2. The van der Waals surface area contributed by atoms with Crippen molar-refractivity contribution in [2.75, 3.05) is 5.32 Å². The molecule has 0 saturated carbocycles. The SMILES string of the molecule is CCn1nc(CNc2ccc(Cl)c(F)c2)c2ccccc21. The zero-order valence-corrected chi connectivity index (χ0v) is 12.4. The van der Waals surface area contributed by atoms with Crippen LogP contribution in [0.3, 0.4) is 0 Å². The lowest BCUT2D eigenvalue weighted by atomic mass is 10.2. The number of hydrogen-bond acceptors (Lipinski definition) is 2. The van der Waals surface area contributed by atoms with Crippen LogP contribution in [-0.4, -0.2) is 9.78 Å². The van der Waals surface area contributed by atoms with Crippen molar-refractivity contribution in [2.45, 2.75) is 20.0 Å². The predicted molar refractivity (Wildman–Crippen MR) is 84.1 cm³/mol. The molecule has 0 unspecified atom stereocenters. The van der Waals surface area contributed by atoms with Gasteiger partial charge in [-0.05, 0) is 31.2 Å². The predicted octanol–water partition coefficient (Wildman–Crippen LogP) is 4.46. The fourth-order valence-corrected chi connectivity index (χ4v) is 2.48. The number of benzene rings is 2. The van der Waals surface area contributed by atoms with E-state index in [9.17, 15) is 4.39 Å². The lowest BCUT2D eigenvalue weighted by Gasteiger charge is -2.05. The molecule has 0 aliphatic heterocycles. The number of hydrogen-bond donors (Lipinski definition) is 1. The number of aryl methyl sites for hydroxylation is 1. The van der Waals surface area contributed by atoms with Gasteiger partial charge in [-0.25, -0.2) is 4.39 Å². The number of halogens is 2. The second-order valence-corrected chi connectivity index (χ2v) is 5.17. The monoisotopic (exact) mass is 303 g/mol. The topological polar surface area (TPSA) is 29.9 Å². The van der Waals surface area contributed by atoms with Gasteiger partial charge in [0.15, 0.2) is 0 Å². The number of anilines is 1. The van der Waals surface area contributed by atoms with Crippen LogP contribution in [0.2, 0.25) is 5.02 Å². The van der Waals surface area contributed by atoms with Gasteiger partial charge in [0.1, 0.15) is 5.82 Å². The first-order valence-electron chi connectivity index (χ1n) is 6.82. The van der Waals surface area contributed by atoms with Crippen molar-refractivity contribution < 1.29 is 4.39 Å². The van der Waals surface area contributed by atoms with Crippen molar-refractivity contribution in [3.63, 3.8) is 0 Å². The molecule has 3 nitrogen and oxygen atoms in total. The van der Waals surface area contributed by atoms with Crippen LogP contribution in [0.5, 0.6) is 0 Å². The molecule has 0 spiro atoms. The summed E-state index contributed by atoms with van der Waals surface area (Å²) in [4.78, 5) is 0. The average molecular weight is 304 g/mol. The molecule has 3 rings (SSSR count). The quantitative estimate of drug-likeness (QED) is 0.771. The minimum absolute atomic E-state index is 0.126. The first-order valence-corrected chi connectivity index (χ1v) is 7.20. The van der Waals surface area contributed by atoms with Crippen LogP contribution < -0.4 is 5.32 Å². The molecule has 21 heavy (non-hydrogen) atoms. The summed E-state index contributed by atoms with van der Waals surface area (Å²) in [6, 6.07) is 12.8. The van der Waals surface area contributed by atoms with Gasteiger partial charge in [0, 0.05) is 17.6 Å². The standard InChI is InChI=1S/C16H15ClFN3/c1-2-21-16-6-4-3-5-12(16)15(20-21)10-19-11-7-8-13(17)14(18)9-11/h3-9,19H,2,10H2,1H3. The van der Waals surface area contributed by atoms with Crippen LogP contribution >= 0.6 is 11.6 Å². The normalized spacial score (nSPS) is 11.0. The molecule has 0 aliphatic carbocycles. The highest BCUT2D eigenvalue weighted by molar-refractivity contribution is 6.30. The fraction of sp³-hybridized carbons (Fsp3) is 0.188. The summed E-state index contributed by atoms with van der Waals surface area (Å²) >= 11 is 5.68. The molecule has 3 aromatic rings. The van der Waals surface area contributed by atoms with Crippen LogP contribution in [0.1, 0.15) is 12.6 Å². The van der Waals surface area contributed by atoms with E-state index in [-0.39, 0.29) is 5.02 Å². The Kier molecular flexibility index (Phi) is 3.80. The molecule has 1 N–H and O–H groups in total. The molecule has 0 amide bonds. The summed E-state index contributed by atoms with van der Waals surface area (Å²) in [5.74, 6) is -0.425. The Hall–Kier alpha value is -2.07. The number of fused-ring (bicyclic) bond motifs is 1. The second kappa shape index (κ2) is 5.74. The van der Waals surface area contributed by atoms with Gasteiger partial charge in [0.2, 0.25) is 0 Å². The van der Waals surface area contributed by atoms with Crippen molar-refractivity contribution in [3.8, 4) is 0 Å². The molecule has 108 valence electrons. The number of aromatic nitrogens is 2. The average Bonchev–Trinajstić information content (AvgIpc) is 2.87. The fourth-order valence-electron chi connectivity index (χ4n) is 2.36. The molecular weight excluding hydrogens is 289 g/mol. The molecular formula is C16H15ClFN3. The molecule has 0 atom stereocenters. The third-order valence-corrected chi connectivity index (χ3v) is 3.72. The van der Waals surface area contributed by atoms with Crippen LogP contribution in [0, 0.1) is 5.82 Å². The van der Waals surface area contributed by atoms with E-state index in [0.29, 0.717) is 12.2 Å². The molecule has 0 fully saturated rings. The molecule has 0 aliphatic rings. The zero-order valence-electron chi connectivity index (χ0n) is 11.6. The number of nitrogens with one attached hydrogen (secondary N) is 1. The lowest BCUT2D eigenvalue weighted by molar-refractivity contribution is 0.628. The van der Waals surface area contributed by atoms with E-state index in [1.165, 1.54) is 6.07 Å². The van der Waals surface area contributed by atoms with Gasteiger partial charge >= 0.3 is 0 Å². The van der Waals surface area contributed by atoms with Crippen LogP contribution in [0.25, 0.3) is 10.9 Å². The van der Waals surface area contributed by atoms with Crippen molar-refractivity contribution in [2.24, 2.45) is 0 Å². The summed E-state index contributed by atoms with van der Waals surface area (Å²) in [5.41, 5.74) is 2.74. The van der Waals surface area contributed by atoms with Gasteiger partial charge in [0.05, 0.1) is 22.8 Å². The first-order chi connectivity index (χ1) is 10.2. The van der Waals surface area contributed by atoms with E-state index >= 15 is 0 Å². The molecule has 0 saturated heterocycles. The Bertz CT molecular complexity index is 782. The number of para-hydroxylation sites is 1. The molecule has 1 heterocycles.